The van der Waals surface area contributed by atoms with E-state index in [4.69, 9.17) is 4.42 Å². The van der Waals surface area contributed by atoms with Gasteiger partial charge in [-0.15, -0.1) is 0 Å². The monoisotopic (exact) mass is 414 g/mol. The average molecular weight is 414 g/mol. The lowest BCUT2D eigenvalue weighted by molar-refractivity contribution is 0.102. The number of aromatic nitrogens is 3. The van der Waals surface area contributed by atoms with Crippen LogP contribution in [0.5, 0.6) is 0 Å². The maximum absolute atomic E-state index is 12.7. The third-order valence-electron chi connectivity index (χ3n) is 4.93. The van der Waals surface area contributed by atoms with Gasteiger partial charge in [0.25, 0.3) is 5.91 Å². The SMILES string of the molecule is Cc1nc(-c2ccc(NC(=O)c3c(C)cc(CCc4ccccc4)oc3=O)cc2)n[nH]1. The molecule has 0 saturated heterocycles. The standard InChI is InChI=1S/C24H22N4O3/c1-15-14-20(13-8-17-6-4-3-5-7-17)31-24(30)21(15)23(29)26-19-11-9-18(10-12-19)22-25-16(2)27-28-22/h3-7,9-12,14H,8,13H2,1-2H3,(H,26,29)(H,25,27,28). The first-order valence-electron chi connectivity index (χ1n) is 9.98. The van der Waals surface area contributed by atoms with E-state index in [9.17, 15) is 9.59 Å². The molecule has 2 N–H and O–H groups in total. The van der Waals surface area contributed by atoms with Crippen molar-refractivity contribution in [2.75, 3.05) is 5.32 Å². The molecule has 2 aromatic heterocycles. The normalized spacial score (nSPS) is 10.8. The fraction of sp³-hybridized carbons (Fsp3) is 0.167. The lowest BCUT2D eigenvalue weighted by Crippen LogP contribution is -2.23. The van der Waals surface area contributed by atoms with Crippen LogP contribution in [0.15, 0.2) is 69.9 Å². The van der Waals surface area contributed by atoms with Crippen molar-refractivity contribution in [3.8, 4) is 11.4 Å². The summed E-state index contributed by atoms with van der Waals surface area (Å²) in [6, 6.07) is 18.8. The maximum atomic E-state index is 12.7. The zero-order valence-corrected chi connectivity index (χ0v) is 17.3. The summed E-state index contributed by atoms with van der Waals surface area (Å²) < 4.78 is 5.41. The molecule has 4 rings (SSSR count). The molecule has 0 spiro atoms. The summed E-state index contributed by atoms with van der Waals surface area (Å²) in [5.41, 5.74) is 2.51. The van der Waals surface area contributed by atoms with Crippen molar-refractivity contribution in [2.45, 2.75) is 26.7 Å². The third kappa shape index (κ3) is 4.78. The van der Waals surface area contributed by atoms with Gasteiger partial charge < -0.3 is 9.73 Å². The van der Waals surface area contributed by atoms with Gasteiger partial charge in [0.15, 0.2) is 5.82 Å². The van der Waals surface area contributed by atoms with Crippen LogP contribution < -0.4 is 10.9 Å². The molecule has 0 bridgehead atoms. The molecule has 0 aliphatic rings. The highest BCUT2D eigenvalue weighted by Crippen LogP contribution is 2.19. The second-order valence-corrected chi connectivity index (χ2v) is 7.32. The second-order valence-electron chi connectivity index (χ2n) is 7.32. The minimum absolute atomic E-state index is 0.0112. The zero-order chi connectivity index (χ0) is 21.8. The Hall–Kier alpha value is -4.00. The largest absolute Gasteiger partial charge is 0.427 e. The number of hydrogen-bond acceptors (Lipinski definition) is 5. The number of nitrogens with zero attached hydrogens (tertiary/aromatic N) is 2. The summed E-state index contributed by atoms with van der Waals surface area (Å²) in [5, 5.41) is 9.66. The van der Waals surface area contributed by atoms with Gasteiger partial charge in [-0.1, -0.05) is 30.3 Å². The number of amides is 1. The minimum atomic E-state index is -0.631. The van der Waals surface area contributed by atoms with Crippen molar-refractivity contribution in [1.82, 2.24) is 15.2 Å². The van der Waals surface area contributed by atoms with Crippen molar-refractivity contribution < 1.29 is 9.21 Å². The van der Waals surface area contributed by atoms with Gasteiger partial charge in [0.2, 0.25) is 0 Å². The van der Waals surface area contributed by atoms with Crippen molar-refractivity contribution in [1.29, 1.82) is 0 Å². The molecule has 0 radical (unpaired) electrons. The van der Waals surface area contributed by atoms with Crippen molar-refractivity contribution in [3.63, 3.8) is 0 Å². The summed E-state index contributed by atoms with van der Waals surface area (Å²) in [6.45, 7) is 3.57. The molecule has 0 atom stereocenters. The topological polar surface area (TPSA) is 101 Å². The van der Waals surface area contributed by atoms with Crippen LogP contribution in [-0.4, -0.2) is 21.1 Å². The van der Waals surface area contributed by atoms with E-state index in [1.54, 1.807) is 37.3 Å². The van der Waals surface area contributed by atoms with E-state index < -0.39 is 11.5 Å². The molecule has 2 aromatic carbocycles. The fourth-order valence-electron chi connectivity index (χ4n) is 3.35. The summed E-state index contributed by atoms with van der Waals surface area (Å²) in [6.07, 6.45) is 1.34. The number of aromatic amines is 1. The molecular weight excluding hydrogens is 392 g/mol. The quantitative estimate of drug-likeness (QED) is 0.495. The van der Waals surface area contributed by atoms with Crippen LogP contribution in [0.2, 0.25) is 0 Å². The number of carbonyl (C=O) groups is 1. The smallest absolute Gasteiger partial charge is 0.349 e. The fourth-order valence-corrected chi connectivity index (χ4v) is 3.35. The second kappa shape index (κ2) is 8.79. The van der Waals surface area contributed by atoms with E-state index in [0.29, 0.717) is 29.3 Å². The lowest BCUT2D eigenvalue weighted by Gasteiger charge is -2.09. The van der Waals surface area contributed by atoms with Gasteiger partial charge in [0, 0.05) is 17.7 Å². The number of benzene rings is 2. The van der Waals surface area contributed by atoms with E-state index >= 15 is 0 Å². The first-order chi connectivity index (χ1) is 15.0. The summed E-state index contributed by atoms with van der Waals surface area (Å²) in [7, 11) is 0. The molecule has 0 fully saturated rings. The molecule has 4 aromatic rings. The van der Waals surface area contributed by atoms with Crippen molar-refractivity contribution in [2.24, 2.45) is 0 Å². The molecule has 7 nitrogen and oxygen atoms in total. The lowest BCUT2D eigenvalue weighted by atomic mass is 10.1. The Balaban J connectivity index is 1.46. The van der Waals surface area contributed by atoms with Gasteiger partial charge in [-0.05, 0) is 61.7 Å². The van der Waals surface area contributed by atoms with Gasteiger partial charge in [0.1, 0.15) is 17.1 Å². The van der Waals surface area contributed by atoms with Gasteiger partial charge in [0.05, 0.1) is 0 Å². The highest BCUT2D eigenvalue weighted by atomic mass is 16.4. The van der Waals surface area contributed by atoms with Crippen LogP contribution >= 0.6 is 0 Å². The number of rotatable bonds is 6. The molecule has 0 saturated carbocycles. The third-order valence-corrected chi connectivity index (χ3v) is 4.93. The minimum Gasteiger partial charge on any atom is -0.427 e. The summed E-state index contributed by atoms with van der Waals surface area (Å²) in [5.74, 6) is 1.37. The summed E-state index contributed by atoms with van der Waals surface area (Å²) >= 11 is 0. The Morgan fingerprint density at radius 1 is 1.03 bits per heavy atom. The van der Waals surface area contributed by atoms with Crippen LogP contribution in [0.25, 0.3) is 11.4 Å². The summed E-state index contributed by atoms with van der Waals surface area (Å²) in [4.78, 5) is 29.5. The molecule has 0 unspecified atom stereocenters. The van der Waals surface area contributed by atoms with Gasteiger partial charge in [-0.25, -0.2) is 9.78 Å². The predicted octanol–water partition coefficient (Wildman–Crippen LogP) is 4.08. The van der Waals surface area contributed by atoms with Gasteiger partial charge in [-0.2, -0.15) is 5.10 Å². The van der Waals surface area contributed by atoms with E-state index in [0.717, 1.165) is 23.4 Å². The van der Waals surface area contributed by atoms with Crippen LogP contribution in [0.4, 0.5) is 5.69 Å². The van der Waals surface area contributed by atoms with Crippen LogP contribution in [0.3, 0.4) is 0 Å². The van der Waals surface area contributed by atoms with Crippen LogP contribution in [0.1, 0.15) is 33.1 Å². The van der Waals surface area contributed by atoms with Crippen LogP contribution in [-0.2, 0) is 12.8 Å². The Labute approximate surface area is 179 Å². The van der Waals surface area contributed by atoms with Crippen LogP contribution in [0, 0.1) is 13.8 Å². The first-order valence-corrected chi connectivity index (χ1v) is 9.98. The van der Waals surface area contributed by atoms with E-state index in [-0.39, 0.29) is 5.56 Å². The molecule has 0 aliphatic heterocycles. The molecule has 1 amide bonds. The van der Waals surface area contributed by atoms with Gasteiger partial charge in [-0.3, -0.25) is 9.89 Å². The highest BCUT2D eigenvalue weighted by molar-refractivity contribution is 6.04. The Morgan fingerprint density at radius 2 is 1.77 bits per heavy atom. The first kappa shape index (κ1) is 20.3. The number of anilines is 1. The number of hydrogen-bond donors (Lipinski definition) is 2. The van der Waals surface area contributed by atoms with Crippen molar-refractivity contribution in [3.05, 3.63) is 99.4 Å². The predicted molar refractivity (Wildman–Crippen MR) is 118 cm³/mol. The molecule has 2 heterocycles. The highest BCUT2D eigenvalue weighted by Gasteiger charge is 2.17. The zero-order valence-electron chi connectivity index (χ0n) is 17.3. The molecule has 7 heteroatoms. The molecular formula is C24H22N4O3. The number of carbonyl (C=O) groups excluding carboxylic acids is 1. The Morgan fingerprint density at radius 3 is 2.42 bits per heavy atom. The molecule has 31 heavy (non-hydrogen) atoms. The van der Waals surface area contributed by atoms with E-state index in [1.807, 2.05) is 37.3 Å². The number of aryl methyl sites for hydroxylation is 4. The van der Waals surface area contributed by atoms with Crippen molar-refractivity contribution >= 4 is 11.6 Å². The average Bonchev–Trinajstić information content (AvgIpc) is 3.19. The Kier molecular flexibility index (Phi) is 5.75. The Bertz CT molecular complexity index is 1260. The number of H-pyrrole nitrogens is 1. The van der Waals surface area contributed by atoms with E-state index in [1.165, 1.54) is 0 Å². The maximum Gasteiger partial charge on any atom is 0.349 e. The van der Waals surface area contributed by atoms with Gasteiger partial charge >= 0.3 is 5.63 Å². The molecule has 0 aliphatic carbocycles. The molecule has 156 valence electrons. The number of nitrogens with one attached hydrogen (secondary N) is 2. The van der Waals surface area contributed by atoms with E-state index in [2.05, 4.69) is 20.5 Å².